The highest BCUT2D eigenvalue weighted by Gasteiger charge is 2.19. The molecule has 0 aliphatic carbocycles. The SMILES string of the molecule is CC(C)(CNCCCO)c1cccnc1. The van der Waals surface area contributed by atoms with Gasteiger partial charge >= 0.3 is 0 Å². The summed E-state index contributed by atoms with van der Waals surface area (Å²) >= 11 is 0. The number of nitrogens with one attached hydrogen (secondary N) is 1. The van der Waals surface area contributed by atoms with E-state index in [1.165, 1.54) is 5.56 Å². The van der Waals surface area contributed by atoms with Gasteiger partial charge < -0.3 is 10.4 Å². The maximum Gasteiger partial charge on any atom is 0.0443 e. The molecule has 0 aliphatic heterocycles. The van der Waals surface area contributed by atoms with Crippen molar-refractivity contribution in [3.8, 4) is 0 Å². The van der Waals surface area contributed by atoms with Crippen LogP contribution in [0.5, 0.6) is 0 Å². The molecule has 0 atom stereocenters. The average molecular weight is 208 g/mol. The smallest absolute Gasteiger partial charge is 0.0443 e. The molecule has 3 heteroatoms. The van der Waals surface area contributed by atoms with Crippen LogP contribution < -0.4 is 5.32 Å². The van der Waals surface area contributed by atoms with Gasteiger partial charge in [-0.25, -0.2) is 0 Å². The minimum Gasteiger partial charge on any atom is -0.396 e. The summed E-state index contributed by atoms with van der Waals surface area (Å²) in [6.45, 7) is 6.39. The van der Waals surface area contributed by atoms with Gasteiger partial charge in [-0.3, -0.25) is 4.98 Å². The van der Waals surface area contributed by atoms with Crippen LogP contribution in [-0.2, 0) is 5.41 Å². The summed E-state index contributed by atoms with van der Waals surface area (Å²) in [7, 11) is 0. The lowest BCUT2D eigenvalue weighted by Crippen LogP contribution is -2.33. The van der Waals surface area contributed by atoms with Gasteiger partial charge in [-0.1, -0.05) is 19.9 Å². The number of hydrogen-bond acceptors (Lipinski definition) is 3. The number of hydrogen-bond donors (Lipinski definition) is 2. The summed E-state index contributed by atoms with van der Waals surface area (Å²) in [5.74, 6) is 0. The third-order valence-corrected chi connectivity index (χ3v) is 2.52. The first-order valence-electron chi connectivity index (χ1n) is 5.39. The van der Waals surface area contributed by atoms with Crippen LogP contribution >= 0.6 is 0 Å². The number of rotatable bonds is 6. The van der Waals surface area contributed by atoms with Gasteiger partial charge in [-0.05, 0) is 24.6 Å². The van der Waals surface area contributed by atoms with E-state index in [9.17, 15) is 0 Å². The summed E-state index contributed by atoms with van der Waals surface area (Å²) in [5, 5.41) is 12.0. The third-order valence-electron chi connectivity index (χ3n) is 2.52. The normalized spacial score (nSPS) is 11.7. The number of aliphatic hydroxyl groups excluding tert-OH is 1. The van der Waals surface area contributed by atoms with Crippen molar-refractivity contribution in [3.63, 3.8) is 0 Å². The van der Waals surface area contributed by atoms with Crippen LogP contribution in [-0.4, -0.2) is 29.8 Å². The molecule has 3 nitrogen and oxygen atoms in total. The van der Waals surface area contributed by atoms with Gasteiger partial charge in [0.15, 0.2) is 0 Å². The molecule has 0 unspecified atom stereocenters. The fraction of sp³-hybridized carbons (Fsp3) is 0.583. The predicted octanol–water partition coefficient (Wildman–Crippen LogP) is 1.33. The molecule has 1 aromatic heterocycles. The number of aliphatic hydroxyl groups is 1. The average Bonchev–Trinajstić information content (AvgIpc) is 2.26. The number of pyridine rings is 1. The quantitative estimate of drug-likeness (QED) is 0.693. The molecule has 84 valence electrons. The van der Waals surface area contributed by atoms with Gasteiger partial charge in [0.2, 0.25) is 0 Å². The second-order valence-electron chi connectivity index (χ2n) is 4.38. The van der Waals surface area contributed by atoms with Crippen LogP contribution in [0.2, 0.25) is 0 Å². The van der Waals surface area contributed by atoms with Crippen LogP contribution in [0.4, 0.5) is 0 Å². The predicted molar refractivity (Wildman–Crippen MR) is 61.8 cm³/mol. The lowest BCUT2D eigenvalue weighted by Gasteiger charge is -2.25. The fourth-order valence-corrected chi connectivity index (χ4v) is 1.47. The molecular formula is C12H20N2O. The summed E-state index contributed by atoms with van der Waals surface area (Å²) in [5.41, 5.74) is 1.32. The first kappa shape index (κ1) is 12.1. The molecule has 0 saturated carbocycles. The Hall–Kier alpha value is -0.930. The molecule has 0 aliphatic rings. The molecule has 0 aromatic carbocycles. The second kappa shape index (κ2) is 5.83. The molecule has 0 spiro atoms. The molecule has 1 heterocycles. The first-order valence-corrected chi connectivity index (χ1v) is 5.39. The number of aromatic nitrogens is 1. The Morgan fingerprint density at radius 2 is 2.27 bits per heavy atom. The van der Waals surface area contributed by atoms with Crippen molar-refractivity contribution in [2.75, 3.05) is 19.7 Å². The molecule has 15 heavy (non-hydrogen) atoms. The Labute approximate surface area is 91.5 Å². The van der Waals surface area contributed by atoms with E-state index >= 15 is 0 Å². The van der Waals surface area contributed by atoms with Gasteiger partial charge in [0, 0.05) is 31.0 Å². The lowest BCUT2D eigenvalue weighted by atomic mass is 9.86. The highest BCUT2D eigenvalue weighted by molar-refractivity contribution is 5.19. The van der Waals surface area contributed by atoms with Crippen molar-refractivity contribution in [3.05, 3.63) is 30.1 Å². The van der Waals surface area contributed by atoms with E-state index in [0.29, 0.717) is 0 Å². The van der Waals surface area contributed by atoms with Gasteiger partial charge in [-0.2, -0.15) is 0 Å². The monoisotopic (exact) mass is 208 g/mol. The van der Waals surface area contributed by atoms with Crippen molar-refractivity contribution in [1.29, 1.82) is 0 Å². The van der Waals surface area contributed by atoms with Gasteiger partial charge in [0.05, 0.1) is 0 Å². The largest absolute Gasteiger partial charge is 0.396 e. The standard InChI is InChI=1S/C12H20N2O/c1-12(2,10-14-7-4-8-15)11-5-3-6-13-9-11/h3,5-6,9,14-15H,4,7-8,10H2,1-2H3. The Morgan fingerprint density at radius 3 is 2.87 bits per heavy atom. The Bertz CT molecular complexity index is 272. The molecule has 0 radical (unpaired) electrons. The zero-order valence-electron chi connectivity index (χ0n) is 9.53. The minimum atomic E-state index is 0.0870. The van der Waals surface area contributed by atoms with E-state index in [1.54, 1.807) is 6.20 Å². The van der Waals surface area contributed by atoms with Crippen molar-refractivity contribution in [2.24, 2.45) is 0 Å². The van der Waals surface area contributed by atoms with Gasteiger partial charge in [-0.15, -0.1) is 0 Å². The molecule has 0 bridgehead atoms. The highest BCUT2D eigenvalue weighted by Crippen LogP contribution is 2.20. The second-order valence-corrected chi connectivity index (χ2v) is 4.38. The molecule has 0 saturated heterocycles. The fourth-order valence-electron chi connectivity index (χ4n) is 1.47. The first-order chi connectivity index (χ1) is 7.17. The molecule has 1 rings (SSSR count). The minimum absolute atomic E-state index is 0.0870. The van der Waals surface area contributed by atoms with E-state index in [-0.39, 0.29) is 12.0 Å². The van der Waals surface area contributed by atoms with E-state index in [1.807, 2.05) is 12.3 Å². The van der Waals surface area contributed by atoms with Crippen LogP contribution in [0.1, 0.15) is 25.8 Å². The summed E-state index contributed by atoms with van der Waals surface area (Å²) in [6, 6.07) is 4.06. The maximum absolute atomic E-state index is 8.66. The zero-order chi connectivity index (χ0) is 11.1. The molecule has 0 fully saturated rings. The van der Waals surface area contributed by atoms with Crippen molar-refractivity contribution in [2.45, 2.75) is 25.7 Å². The molecule has 0 amide bonds. The third kappa shape index (κ3) is 3.98. The number of nitrogens with zero attached hydrogens (tertiary/aromatic N) is 1. The summed E-state index contributed by atoms with van der Waals surface area (Å²) < 4.78 is 0. The van der Waals surface area contributed by atoms with E-state index < -0.39 is 0 Å². The van der Waals surface area contributed by atoms with E-state index in [0.717, 1.165) is 19.5 Å². The van der Waals surface area contributed by atoms with E-state index in [4.69, 9.17) is 5.11 Å². The summed E-state index contributed by atoms with van der Waals surface area (Å²) in [4.78, 5) is 4.13. The Kier molecular flexibility index (Phi) is 4.72. The molecular weight excluding hydrogens is 188 g/mol. The van der Waals surface area contributed by atoms with Crippen LogP contribution in [0.25, 0.3) is 0 Å². The molecule has 2 N–H and O–H groups in total. The van der Waals surface area contributed by atoms with Crippen LogP contribution in [0.15, 0.2) is 24.5 Å². The zero-order valence-corrected chi connectivity index (χ0v) is 9.53. The van der Waals surface area contributed by atoms with E-state index in [2.05, 4.69) is 30.2 Å². The Morgan fingerprint density at radius 1 is 1.47 bits per heavy atom. The van der Waals surface area contributed by atoms with Crippen LogP contribution in [0, 0.1) is 0 Å². The topological polar surface area (TPSA) is 45.1 Å². The van der Waals surface area contributed by atoms with Crippen molar-refractivity contribution < 1.29 is 5.11 Å². The van der Waals surface area contributed by atoms with Crippen LogP contribution in [0.3, 0.4) is 0 Å². The highest BCUT2D eigenvalue weighted by atomic mass is 16.3. The Balaban J connectivity index is 2.45. The molecule has 1 aromatic rings. The van der Waals surface area contributed by atoms with Crippen molar-refractivity contribution >= 4 is 0 Å². The van der Waals surface area contributed by atoms with Gasteiger partial charge in [0.1, 0.15) is 0 Å². The lowest BCUT2D eigenvalue weighted by molar-refractivity contribution is 0.284. The van der Waals surface area contributed by atoms with Gasteiger partial charge in [0.25, 0.3) is 0 Å². The summed E-state index contributed by atoms with van der Waals surface area (Å²) in [6.07, 6.45) is 4.51. The maximum atomic E-state index is 8.66. The van der Waals surface area contributed by atoms with Crippen molar-refractivity contribution in [1.82, 2.24) is 10.3 Å².